The van der Waals surface area contributed by atoms with E-state index < -0.39 is 0 Å². The third-order valence-corrected chi connectivity index (χ3v) is 5.90. The van der Waals surface area contributed by atoms with Gasteiger partial charge in [0.2, 0.25) is 0 Å². The van der Waals surface area contributed by atoms with Gasteiger partial charge in [-0.15, -0.1) is 11.3 Å². The molecule has 0 amide bonds. The Morgan fingerprint density at radius 1 is 1.32 bits per heavy atom. The molecule has 2 aromatic rings. The topological polar surface area (TPSA) is 67.8 Å². The lowest BCUT2D eigenvalue weighted by Gasteiger charge is -2.12. The smallest absolute Gasteiger partial charge is 0.191 e. The van der Waals surface area contributed by atoms with Gasteiger partial charge in [0, 0.05) is 43.2 Å². The number of aliphatic imine (C=N–C) groups is 1. The van der Waals surface area contributed by atoms with Crippen molar-refractivity contribution in [2.45, 2.75) is 26.3 Å². The summed E-state index contributed by atoms with van der Waals surface area (Å²) >= 11 is 1.73. The summed E-state index contributed by atoms with van der Waals surface area (Å²) in [6.07, 6.45) is 2.07. The average Bonchev–Trinajstić information content (AvgIpc) is 3.37. The molecular weight excluding hydrogens is 372 g/mol. The number of aryl methyl sites for hydroxylation is 1. The van der Waals surface area contributed by atoms with Gasteiger partial charge in [-0.3, -0.25) is 4.99 Å². The van der Waals surface area contributed by atoms with Crippen LogP contribution in [0.15, 0.2) is 35.3 Å². The van der Waals surface area contributed by atoms with Crippen LogP contribution < -0.4 is 10.6 Å². The van der Waals surface area contributed by atoms with Crippen LogP contribution in [-0.4, -0.2) is 51.0 Å². The van der Waals surface area contributed by atoms with E-state index in [4.69, 9.17) is 14.5 Å². The summed E-state index contributed by atoms with van der Waals surface area (Å²) in [7, 11) is 1.79. The predicted octanol–water partition coefficient (Wildman–Crippen LogP) is 3.23. The molecule has 0 bridgehead atoms. The zero-order chi connectivity index (χ0) is 19.6. The maximum Gasteiger partial charge on any atom is 0.191 e. The molecule has 1 fully saturated rings. The molecular formula is C21H30N4O2S. The second-order valence-corrected chi connectivity index (χ2v) is 7.99. The highest BCUT2D eigenvalue weighted by molar-refractivity contribution is 7.15. The van der Waals surface area contributed by atoms with Gasteiger partial charge in [-0.05, 0) is 19.8 Å². The molecule has 1 aliphatic heterocycles. The molecule has 7 heteroatoms. The molecule has 1 saturated heterocycles. The van der Waals surface area contributed by atoms with Crippen LogP contribution in [0.2, 0.25) is 0 Å². The third kappa shape index (κ3) is 6.29. The van der Waals surface area contributed by atoms with E-state index in [1.807, 2.05) is 18.2 Å². The number of guanidine groups is 1. The Morgan fingerprint density at radius 2 is 2.18 bits per heavy atom. The number of benzene rings is 1. The lowest BCUT2D eigenvalue weighted by molar-refractivity contribution is 0.0888. The molecule has 0 aliphatic carbocycles. The number of thiazole rings is 1. The minimum Gasteiger partial charge on any atom is -0.381 e. The van der Waals surface area contributed by atoms with Crippen LogP contribution in [0.4, 0.5) is 0 Å². The summed E-state index contributed by atoms with van der Waals surface area (Å²) in [5, 5.41) is 7.78. The molecule has 28 heavy (non-hydrogen) atoms. The van der Waals surface area contributed by atoms with Crippen molar-refractivity contribution in [3.05, 3.63) is 40.9 Å². The number of ether oxygens (including phenoxy) is 2. The highest BCUT2D eigenvalue weighted by Gasteiger charge is 2.15. The van der Waals surface area contributed by atoms with E-state index in [0.717, 1.165) is 68.0 Å². The standard InChI is InChI=1S/C21H30N4O2S/c1-16-19(28-20(25-16)18-7-4-3-5-8-18)13-24-21(22-2)23-10-6-11-26-14-17-9-12-27-15-17/h3-5,7-8,17H,6,9-15H2,1-2H3,(H2,22,23,24). The van der Waals surface area contributed by atoms with Crippen molar-refractivity contribution in [1.82, 2.24) is 15.6 Å². The first-order valence-electron chi connectivity index (χ1n) is 9.88. The highest BCUT2D eigenvalue weighted by Crippen LogP contribution is 2.27. The van der Waals surface area contributed by atoms with Crippen molar-refractivity contribution in [1.29, 1.82) is 0 Å². The van der Waals surface area contributed by atoms with Crippen molar-refractivity contribution in [3.63, 3.8) is 0 Å². The summed E-state index contributed by atoms with van der Waals surface area (Å²) in [5.41, 5.74) is 2.23. The van der Waals surface area contributed by atoms with Crippen LogP contribution >= 0.6 is 11.3 Å². The zero-order valence-corrected chi connectivity index (χ0v) is 17.6. The third-order valence-electron chi connectivity index (χ3n) is 4.69. The predicted molar refractivity (Wildman–Crippen MR) is 115 cm³/mol. The Kier molecular flexibility index (Phi) is 8.26. The first-order chi connectivity index (χ1) is 13.8. The van der Waals surface area contributed by atoms with E-state index in [-0.39, 0.29) is 0 Å². The number of rotatable bonds is 9. The zero-order valence-electron chi connectivity index (χ0n) is 16.7. The maximum atomic E-state index is 5.74. The highest BCUT2D eigenvalue weighted by atomic mass is 32.1. The van der Waals surface area contributed by atoms with Crippen molar-refractivity contribution in [2.75, 3.05) is 40.0 Å². The fourth-order valence-electron chi connectivity index (χ4n) is 3.03. The van der Waals surface area contributed by atoms with E-state index >= 15 is 0 Å². The number of nitrogens with one attached hydrogen (secondary N) is 2. The van der Waals surface area contributed by atoms with Crippen molar-refractivity contribution in [3.8, 4) is 10.6 Å². The largest absolute Gasteiger partial charge is 0.381 e. The van der Waals surface area contributed by atoms with Crippen molar-refractivity contribution < 1.29 is 9.47 Å². The first kappa shape index (κ1) is 20.8. The first-order valence-corrected chi connectivity index (χ1v) is 10.7. The van der Waals surface area contributed by atoms with E-state index in [1.54, 1.807) is 18.4 Å². The summed E-state index contributed by atoms with van der Waals surface area (Å²) in [6, 6.07) is 10.3. The van der Waals surface area contributed by atoms with Gasteiger partial charge in [-0.1, -0.05) is 30.3 Å². The lowest BCUT2D eigenvalue weighted by Crippen LogP contribution is -2.37. The van der Waals surface area contributed by atoms with Gasteiger partial charge in [-0.25, -0.2) is 4.98 Å². The Morgan fingerprint density at radius 3 is 2.93 bits per heavy atom. The monoisotopic (exact) mass is 402 g/mol. The van der Waals surface area contributed by atoms with Gasteiger partial charge in [0.1, 0.15) is 5.01 Å². The fourth-order valence-corrected chi connectivity index (χ4v) is 4.03. The summed E-state index contributed by atoms with van der Waals surface area (Å²) in [5.74, 6) is 1.38. The van der Waals surface area contributed by atoms with Gasteiger partial charge >= 0.3 is 0 Å². The molecule has 1 aromatic carbocycles. The molecule has 6 nitrogen and oxygen atoms in total. The molecule has 0 radical (unpaired) electrons. The Labute approximate surface area is 171 Å². The molecule has 1 aromatic heterocycles. The van der Waals surface area contributed by atoms with Crippen molar-refractivity contribution >= 4 is 17.3 Å². The molecule has 0 saturated carbocycles. The second kappa shape index (κ2) is 11.1. The van der Waals surface area contributed by atoms with Crippen LogP contribution in [-0.2, 0) is 16.0 Å². The summed E-state index contributed by atoms with van der Waals surface area (Å²) < 4.78 is 11.1. The molecule has 1 aliphatic rings. The molecule has 1 atom stereocenters. The number of hydrogen-bond acceptors (Lipinski definition) is 5. The van der Waals surface area contributed by atoms with E-state index in [2.05, 4.69) is 34.7 Å². The van der Waals surface area contributed by atoms with Crippen LogP contribution in [0.1, 0.15) is 23.4 Å². The molecule has 2 heterocycles. The Hall–Kier alpha value is -1.96. The van der Waals surface area contributed by atoms with Gasteiger partial charge in [-0.2, -0.15) is 0 Å². The average molecular weight is 403 g/mol. The SMILES string of the molecule is CN=C(NCCCOCC1CCOC1)NCc1sc(-c2ccccc2)nc1C. The van der Waals surface area contributed by atoms with Crippen molar-refractivity contribution in [2.24, 2.45) is 10.9 Å². The summed E-state index contributed by atoms with van der Waals surface area (Å²) in [6.45, 7) is 6.90. The van der Waals surface area contributed by atoms with E-state index in [9.17, 15) is 0 Å². The van der Waals surface area contributed by atoms with Crippen LogP contribution in [0.3, 0.4) is 0 Å². The van der Waals surface area contributed by atoms with E-state index in [0.29, 0.717) is 12.5 Å². The van der Waals surface area contributed by atoms with Gasteiger partial charge in [0.25, 0.3) is 0 Å². The number of hydrogen-bond donors (Lipinski definition) is 2. The minimum atomic E-state index is 0.575. The summed E-state index contributed by atoms with van der Waals surface area (Å²) in [4.78, 5) is 10.2. The quantitative estimate of drug-likeness (QED) is 0.383. The molecule has 152 valence electrons. The molecule has 3 rings (SSSR count). The van der Waals surface area contributed by atoms with Crippen LogP contribution in [0.25, 0.3) is 10.6 Å². The van der Waals surface area contributed by atoms with Crippen LogP contribution in [0, 0.1) is 12.8 Å². The van der Waals surface area contributed by atoms with E-state index in [1.165, 1.54) is 4.88 Å². The normalized spacial score (nSPS) is 17.1. The number of aromatic nitrogens is 1. The van der Waals surface area contributed by atoms with Gasteiger partial charge in [0.15, 0.2) is 5.96 Å². The van der Waals surface area contributed by atoms with Gasteiger partial charge in [0.05, 0.1) is 25.5 Å². The second-order valence-electron chi connectivity index (χ2n) is 6.90. The fraction of sp³-hybridized carbons (Fsp3) is 0.524. The van der Waals surface area contributed by atoms with Gasteiger partial charge < -0.3 is 20.1 Å². The lowest BCUT2D eigenvalue weighted by atomic mass is 10.1. The Balaban J connectivity index is 1.36. The Bertz CT molecular complexity index is 742. The molecule has 2 N–H and O–H groups in total. The molecule has 0 spiro atoms. The molecule has 1 unspecified atom stereocenters. The minimum absolute atomic E-state index is 0.575. The maximum absolute atomic E-state index is 5.74. The van der Waals surface area contributed by atoms with Crippen LogP contribution in [0.5, 0.6) is 0 Å². The number of nitrogens with zero attached hydrogens (tertiary/aromatic N) is 2.